The monoisotopic (exact) mass is 355 g/mol. The first kappa shape index (κ1) is 18.1. The molecule has 0 amide bonds. The standard InChI is InChI=1S/C18H25N7O/c1-12(11-26-3)22-16-14-9-21-25(2)17(14)24-18(23-16)20-10-15(19)13-7-5-4-6-8-13/h4-9,12,15H,10-11,19H2,1-3H3,(H2,20,22,23,24). The fourth-order valence-corrected chi connectivity index (χ4v) is 2.76. The third kappa shape index (κ3) is 4.09. The van der Waals surface area contributed by atoms with Crippen LogP contribution in [0.5, 0.6) is 0 Å². The molecule has 4 N–H and O–H groups in total. The Morgan fingerprint density at radius 2 is 2.00 bits per heavy atom. The van der Waals surface area contributed by atoms with Crippen molar-refractivity contribution in [2.45, 2.75) is 19.0 Å². The summed E-state index contributed by atoms with van der Waals surface area (Å²) in [4.78, 5) is 9.17. The maximum absolute atomic E-state index is 6.26. The van der Waals surface area contributed by atoms with Crippen LogP contribution in [0.15, 0.2) is 36.5 Å². The fraction of sp³-hybridized carbons (Fsp3) is 0.389. The first-order chi connectivity index (χ1) is 12.6. The third-order valence-electron chi connectivity index (χ3n) is 4.10. The van der Waals surface area contributed by atoms with E-state index in [0.29, 0.717) is 19.1 Å². The average molecular weight is 355 g/mol. The maximum Gasteiger partial charge on any atom is 0.226 e. The summed E-state index contributed by atoms with van der Waals surface area (Å²) in [6.07, 6.45) is 1.76. The number of aryl methyl sites for hydroxylation is 1. The van der Waals surface area contributed by atoms with Crippen molar-refractivity contribution in [3.63, 3.8) is 0 Å². The summed E-state index contributed by atoms with van der Waals surface area (Å²) in [6.45, 7) is 3.14. The van der Waals surface area contributed by atoms with Gasteiger partial charge in [-0.2, -0.15) is 15.1 Å². The summed E-state index contributed by atoms with van der Waals surface area (Å²) in [6, 6.07) is 9.92. The Kier molecular flexibility index (Phi) is 5.65. The van der Waals surface area contributed by atoms with E-state index in [1.165, 1.54) is 0 Å². The van der Waals surface area contributed by atoms with E-state index in [1.54, 1.807) is 18.0 Å². The molecule has 8 heteroatoms. The Balaban J connectivity index is 1.80. The van der Waals surface area contributed by atoms with Crippen molar-refractivity contribution in [1.82, 2.24) is 19.7 Å². The molecule has 0 saturated heterocycles. The van der Waals surface area contributed by atoms with Gasteiger partial charge < -0.3 is 21.1 Å². The fourth-order valence-electron chi connectivity index (χ4n) is 2.76. The van der Waals surface area contributed by atoms with Gasteiger partial charge in [0.25, 0.3) is 0 Å². The van der Waals surface area contributed by atoms with Gasteiger partial charge in [-0.3, -0.25) is 4.68 Å². The van der Waals surface area contributed by atoms with Crippen molar-refractivity contribution in [2.75, 3.05) is 30.9 Å². The number of aromatic nitrogens is 4. The van der Waals surface area contributed by atoms with Crippen molar-refractivity contribution < 1.29 is 4.74 Å². The van der Waals surface area contributed by atoms with Crippen LogP contribution < -0.4 is 16.4 Å². The highest BCUT2D eigenvalue weighted by atomic mass is 16.5. The molecular weight excluding hydrogens is 330 g/mol. The van der Waals surface area contributed by atoms with E-state index in [9.17, 15) is 0 Å². The van der Waals surface area contributed by atoms with Crippen LogP contribution in [0.25, 0.3) is 11.0 Å². The number of hydrogen-bond acceptors (Lipinski definition) is 7. The van der Waals surface area contributed by atoms with Crippen LogP contribution in [0.1, 0.15) is 18.5 Å². The Bertz CT molecular complexity index is 849. The number of hydrogen-bond donors (Lipinski definition) is 3. The molecule has 3 rings (SSSR count). The number of nitrogens with zero attached hydrogens (tertiary/aromatic N) is 4. The Morgan fingerprint density at radius 3 is 2.73 bits per heavy atom. The molecule has 138 valence electrons. The van der Waals surface area contributed by atoms with Gasteiger partial charge in [-0.05, 0) is 12.5 Å². The maximum atomic E-state index is 6.26. The van der Waals surface area contributed by atoms with Gasteiger partial charge in [0, 0.05) is 32.8 Å². The topological polar surface area (TPSA) is 103 Å². The van der Waals surface area contributed by atoms with Crippen LogP contribution >= 0.6 is 0 Å². The molecule has 0 radical (unpaired) electrons. The second-order valence-electron chi connectivity index (χ2n) is 6.30. The molecule has 1 aromatic carbocycles. The highest BCUT2D eigenvalue weighted by molar-refractivity contribution is 5.87. The minimum absolute atomic E-state index is 0.109. The molecule has 0 aliphatic carbocycles. The predicted octanol–water partition coefficient (Wildman–Crippen LogP) is 1.92. The molecule has 0 aliphatic heterocycles. The number of ether oxygens (including phenoxy) is 1. The normalized spacial score (nSPS) is 13.5. The lowest BCUT2D eigenvalue weighted by molar-refractivity contribution is 0.190. The SMILES string of the molecule is COCC(C)Nc1nc(NCC(N)c2ccccc2)nc2c1cnn2C. The first-order valence-corrected chi connectivity index (χ1v) is 8.58. The lowest BCUT2D eigenvalue weighted by Gasteiger charge is -2.16. The van der Waals surface area contributed by atoms with Gasteiger partial charge in [0.05, 0.1) is 18.2 Å². The zero-order chi connectivity index (χ0) is 18.5. The number of nitrogens with two attached hydrogens (primary N) is 1. The van der Waals surface area contributed by atoms with E-state index in [0.717, 1.165) is 22.4 Å². The first-order valence-electron chi connectivity index (χ1n) is 8.58. The average Bonchev–Trinajstić information content (AvgIpc) is 3.02. The summed E-state index contributed by atoms with van der Waals surface area (Å²) in [5, 5.41) is 11.7. The smallest absolute Gasteiger partial charge is 0.226 e. The van der Waals surface area contributed by atoms with Crippen LogP contribution in [0.3, 0.4) is 0 Å². The summed E-state index contributed by atoms with van der Waals surface area (Å²) in [5.41, 5.74) is 8.07. The second-order valence-corrected chi connectivity index (χ2v) is 6.30. The number of rotatable bonds is 8. The van der Waals surface area contributed by atoms with E-state index >= 15 is 0 Å². The molecule has 2 unspecified atom stereocenters. The van der Waals surface area contributed by atoms with Crippen molar-refractivity contribution in [1.29, 1.82) is 0 Å². The van der Waals surface area contributed by atoms with E-state index in [-0.39, 0.29) is 12.1 Å². The molecule has 0 saturated carbocycles. The van der Waals surface area contributed by atoms with Crippen LogP contribution in [0.2, 0.25) is 0 Å². The van der Waals surface area contributed by atoms with Crippen LogP contribution in [0.4, 0.5) is 11.8 Å². The largest absolute Gasteiger partial charge is 0.383 e. The molecule has 26 heavy (non-hydrogen) atoms. The molecule has 0 aliphatic rings. The number of benzene rings is 1. The third-order valence-corrected chi connectivity index (χ3v) is 4.10. The predicted molar refractivity (Wildman–Crippen MR) is 103 cm³/mol. The summed E-state index contributed by atoms with van der Waals surface area (Å²) in [5.74, 6) is 1.24. The number of methoxy groups -OCH3 is 1. The van der Waals surface area contributed by atoms with Crippen LogP contribution in [-0.2, 0) is 11.8 Å². The van der Waals surface area contributed by atoms with Crippen molar-refractivity contribution in [2.24, 2.45) is 12.8 Å². The second kappa shape index (κ2) is 8.11. The molecule has 0 fully saturated rings. The molecule has 0 bridgehead atoms. The number of nitrogens with one attached hydrogen (secondary N) is 2. The lowest BCUT2D eigenvalue weighted by atomic mass is 10.1. The summed E-state index contributed by atoms with van der Waals surface area (Å²) >= 11 is 0. The van der Waals surface area contributed by atoms with E-state index in [2.05, 4.69) is 25.7 Å². The van der Waals surface area contributed by atoms with Gasteiger partial charge in [0.1, 0.15) is 5.82 Å². The van der Waals surface area contributed by atoms with Gasteiger partial charge >= 0.3 is 0 Å². The van der Waals surface area contributed by atoms with E-state index in [1.807, 2.05) is 44.3 Å². The van der Waals surface area contributed by atoms with Gasteiger partial charge in [-0.25, -0.2) is 0 Å². The zero-order valence-corrected chi connectivity index (χ0v) is 15.3. The molecule has 2 atom stereocenters. The van der Waals surface area contributed by atoms with Gasteiger partial charge in [0.15, 0.2) is 5.65 Å². The molecule has 8 nitrogen and oxygen atoms in total. The lowest BCUT2D eigenvalue weighted by Crippen LogP contribution is -2.23. The number of fused-ring (bicyclic) bond motifs is 1. The van der Waals surface area contributed by atoms with Gasteiger partial charge in [-0.1, -0.05) is 30.3 Å². The van der Waals surface area contributed by atoms with Gasteiger partial charge in [0.2, 0.25) is 5.95 Å². The van der Waals surface area contributed by atoms with Crippen LogP contribution in [-0.4, -0.2) is 46.1 Å². The Hall–Kier alpha value is -2.71. The van der Waals surface area contributed by atoms with Crippen LogP contribution in [0, 0.1) is 0 Å². The van der Waals surface area contributed by atoms with E-state index in [4.69, 9.17) is 10.5 Å². The molecule has 0 spiro atoms. The molecule has 2 heterocycles. The van der Waals surface area contributed by atoms with E-state index < -0.39 is 0 Å². The van der Waals surface area contributed by atoms with Crippen molar-refractivity contribution in [3.05, 3.63) is 42.1 Å². The number of anilines is 2. The highest BCUT2D eigenvalue weighted by Crippen LogP contribution is 2.22. The summed E-state index contributed by atoms with van der Waals surface area (Å²) < 4.78 is 6.92. The summed E-state index contributed by atoms with van der Waals surface area (Å²) in [7, 11) is 3.53. The Labute approximate surface area is 152 Å². The Morgan fingerprint density at radius 1 is 1.23 bits per heavy atom. The van der Waals surface area contributed by atoms with Crippen molar-refractivity contribution >= 4 is 22.8 Å². The minimum atomic E-state index is -0.147. The molecule has 3 aromatic rings. The molecule has 2 aromatic heterocycles. The van der Waals surface area contributed by atoms with Crippen molar-refractivity contribution in [3.8, 4) is 0 Å². The minimum Gasteiger partial charge on any atom is -0.383 e. The quantitative estimate of drug-likeness (QED) is 0.567. The van der Waals surface area contributed by atoms with Gasteiger partial charge in [-0.15, -0.1) is 0 Å². The molecular formula is C18H25N7O. The highest BCUT2D eigenvalue weighted by Gasteiger charge is 2.14. The zero-order valence-electron chi connectivity index (χ0n) is 15.3.